The zero-order valence-corrected chi connectivity index (χ0v) is 18.2. The molecule has 5 rings (SSSR count). The van der Waals surface area contributed by atoms with E-state index in [-0.39, 0.29) is 6.04 Å². The van der Waals surface area contributed by atoms with Gasteiger partial charge in [-0.15, -0.1) is 0 Å². The van der Waals surface area contributed by atoms with Crippen molar-refractivity contribution in [3.63, 3.8) is 0 Å². The number of rotatable bonds is 5. The van der Waals surface area contributed by atoms with Crippen LogP contribution in [0, 0.1) is 0 Å². The number of nitrogens with zero attached hydrogens (tertiary/aromatic N) is 2. The van der Waals surface area contributed by atoms with E-state index < -0.39 is 6.23 Å². The van der Waals surface area contributed by atoms with Crippen molar-refractivity contribution < 1.29 is 9.47 Å². The van der Waals surface area contributed by atoms with Crippen molar-refractivity contribution in [1.29, 1.82) is 0 Å². The highest BCUT2D eigenvalue weighted by atomic mass is 35.5. The molecule has 0 radical (unpaired) electrons. The zero-order valence-electron chi connectivity index (χ0n) is 16.7. The molecule has 0 aromatic heterocycles. The van der Waals surface area contributed by atoms with Crippen molar-refractivity contribution in [2.24, 2.45) is 5.10 Å². The molecule has 0 N–H and O–H groups in total. The summed E-state index contributed by atoms with van der Waals surface area (Å²) in [5.74, 6) is 1.44. The van der Waals surface area contributed by atoms with E-state index in [1.807, 2.05) is 53.5 Å². The third kappa shape index (κ3) is 3.78. The molecule has 6 heteroatoms. The summed E-state index contributed by atoms with van der Waals surface area (Å²) in [6.07, 6.45) is 2.05. The Kier molecular flexibility index (Phi) is 5.34. The third-order valence-corrected chi connectivity index (χ3v) is 5.95. The Hall–Kier alpha value is -2.95. The summed E-state index contributed by atoms with van der Waals surface area (Å²) < 4.78 is 12.0. The van der Waals surface area contributed by atoms with Gasteiger partial charge in [0, 0.05) is 22.6 Å². The molecule has 2 aliphatic heterocycles. The predicted molar refractivity (Wildman–Crippen MR) is 124 cm³/mol. The van der Waals surface area contributed by atoms with Gasteiger partial charge >= 0.3 is 0 Å². The Morgan fingerprint density at radius 1 is 1.10 bits per heavy atom. The normalized spacial score (nSPS) is 19.2. The minimum Gasteiger partial charge on any atom is -0.490 e. The first kappa shape index (κ1) is 20.0. The molecule has 0 unspecified atom stereocenters. The van der Waals surface area contributed by atoms with Gasteiger partial charge in [-0.2, -0.15) is 5.10 Å². The van der Waals surface area contributed by atoms with E-state index in [1.54, 1.807) is 12.1 Å². The van der Waals surface area contributed by atoms with E-state index >= 15 is 0 Å². The quantitative estimate of drug-likeness (QED) is 0.400. The minimum absolute atomic E-state index is 0.0168. The van der Waals surface area contributed by atoms with Gasteiger partial charge in [0.25, 0.3) is 0 Å². The molecule has 3 aromatic carbocycles. The van der Waals surface area contributed by atoms with Crippen LogP contribution in [0.4, 0.5) is 0 Å². The second-order valence-electron chi connectivity index (χ2n) is 7.46. The summed E-state index contributed by atoms with van der Waals surface area (Å²) in [6, 6.07) is 21.6. The van der Waals surface area contributed by atoms with Gasteiger partial charge in [0.1, 0.15) is 18.1 Å². The van der Waals surface area contributed by atoms with Gasteiger partial charge in [0.2, 0.25) is 6.23 Å². The molecule has 2 heterocycles. The summed E-state index contributed by atoms with van der Waals surface area (Å²) in [7, 11) is 0. The van der Waals surface area contributed by atoms with Crippen molar-refractivity contribution in [3.8, 4) is 11.5 Å². The van der Waals surface area contributed by atoms with Crippen molar-refractivity contribution in [3.05, 3.63) is 106 Å². The van der Waals surface area contributed by atoms with Crippen LogP contribution in [0.15, 0.2) is 84.5 Å². The summed E-state index contributed by atoms with van der Waals surface area (Å²) in [6.45, 7) is 4.14. The van der Waals surface area contributed by atoms with Crippen LogP contribution in [-0.4, -0.2) is 17.3 Å². The summed E-state index contributed by atoms with van der Waals surface area (Å²) in [4.78, 5) is 0. The largest absolute Gasteiger partial charge is 0.490 e. The molecular formula is C25H20Cl2N2O2. The Bertz CT molecular complexity index is 1150. The number of halogens is 2. The molecule has 31 heavy (non-hydrogen) atoms. The van der Waals surface area contributed by atoms with Crippen LogP contribution in [0.5, 0.6) is 11.5 Å². The van der Waals surface area contributed by atoms with Crippen molar-refractivity contribution >= 4 is 28.9 Å². The fourth-order valence-electron chi connectivity index (χ4n) is 4.02. The van der Waals surface area contributed by atoms with Gasteiger partial charge in [-0.25, -0.2) is 5.01 Å². The topological polar surface area (TPSA) is 34.1 Å². The SMILES string of the molecule is C=CCOc1ccc([C@H]2Oc3c(Cl)cc(Cl)cc3[C@H]3CC(c4ccccc4)=NN32)cc1. The van der Waals surface area contributed by atoms with Gasteiger partial charge in [0.05, 0.1) is 16.8 Å². The minimum atomic E-state index is -0.411. The number of hydrazone groups is 1. The number of fused-ring (bicyclic) bond motifs is 3. The molecule has 2 atom stereocenters. The fraction of sp³-hybridized carbons (Fsp3) is 0.160. The summed E-state index contributed by atoms with van der Waals surface area (Å²) in [5.41, 5.74) is 4.02. The van der Waals surface area contributed by atoms with E-state index in [9.17, 15) is 0 Å². The van der Waals surface area contributed by atoms with Crippen molar-refractivity contribution in [2.45, 2.75) is 18.7 Å². The van der Waals surface area contributed by atoms with Crippen LogP contribution in [0.2, 0.25) is 10.0 Å². The molecule has 2 aliphatic rings. The lowest BCUT2D eigenvalue weighted by Crippen LogP contribution is -2.33. The molecule has 0 fully saturated rings. The van der Waals surface area contributed by atoms with Crippen molar-refractivity contribution in [2.75, 3.05) is 6.61 Å². The third-order valence-electron chi connectivity index (χ3n) is 5.45. The maximum absolute atomic E-state index is 6.53. The van der Waals surface area contributed by atoms with E-state index in [4.69, 9.17) is 37.8 Å². The van der Waals surface area contributed by atoms with Gasteiger partial charge in [-0.05, 0) is 42.0 Å². The number of ether oxygens (including phenoxy) is 2. The molecule has 3 aromatic rings. The number of hydrogen-bond acceptors (Lipinski definition) is 4. The molecule has 0 spiro atoms. The van der Waals surface area contributed by atoms with E-state index in [0.717, 1.165) is 34.6 Å². The highest BCUT2D eigenvalue weighted by Crippen LogP contribution is 2.50. The molecule has 0 saturated carbocycles. The predicted octanol–water partition coefficient (Wildman–Crippen LogP) is 6.80. The fourth-order valence-corrected chi connectivity index (χ4v) is 4.58. The van der Waals surface area contributed by atoms with Gasteiger partial charge in [0.15, 0.2) is 0 Å². The summed E-state index contributed by atoms with van der Waals surface area (Å²) >= 11 is 12.9. The van der Waals surface area contributed by atoms with Crippen LogP contribution < -0.4 is 9.47 Å². The summed E-state index contributed by atoms with van der Waals surface area (Å²) in [5, 5.41) is 8.07. The van der Waals surface area contributed by atoms with Gasteiger partial charge in [-0.3, -0.25) is 0 Å². The maximum Gasteiger partial charge on any atom is 0.213 e. The number of benzene rings is 3. The first-order valence-corrected chi connectivity index (χ1v) is 10.8. The highest BCUT2D eigenvalue weighted by Gasteiger charge is 2.42. The lowest BCUT2D eigenvalue weighted by molar-refractivity contribution is -0.0189. The number of hydrogen-bond donors (Lipinski definition) is 0. The van der Waals surface area contributed by atoms with E-state index in [2.05, 4.69) is 18.7 Å². The van der Waals surface area contributed by atoms with Crippen LogP contribution in [0.1, 0.15) is 35.4 Å². The monoisotopic (exact) mass is 450 g/mol. The van der Waals surface area contributed by atoms with Crippen LogP contribution in [-0.2, 0) is 0 Å². The Morgan fingerprint density at radius 3 is 2.61 bits per heavy atom. The molecule has 0 bridgehead atoms. The van der Waals surface area contributed by atoms with Gasteiger partial charge < -0.3 is 9.47 Å². The average molecular weight is 451 g/mol. The Morgan fingerprint density at radius 2 is 1.87 bits per heavy atom. The first-order chi connectivity index (χ1) is 15.1. The average Bonchev–Trinajstić information content (AvgIpc) is 3.24. The molecule has 4 nitrogen and oxygen atoms in total. The van der Waals surface area contributed by atoms with E-state index in [0.29, 0.717) is 22.4 Å². The molecular weight excluding hydrogens is 431 g/mol. The second kappa shape index (κ2) is 8.29. The lowest BCUT2D eigenvalue weighted by atomic mass is 9.96. The Balaban J connectivity index is 1.55. The van der Waals surface area contributed by atoms with Crippen LogP contribution >= 0.6 is 23.2 Å². The molecule has 156 valence electrons. The molecule has 0 aliphatic carbocycles. The van der Waals surface area contributed by atoms with Crippen LogP contribution in [0.25, 0.3) is 0 Å². The van der Waals surface area contributed by atoms with E-state index in [1.165, 1.54) is 0 Å². The Labute approximate surface area is 191 Å². The first-order valence-electron chi connectivity index (χ1n) is 10.0. The maximum atomic E-state index is 6.53. The highest BCUT2D eigenvalue weighted by molar-refractivity contribution is 6.35. The zero-order chi connectivity index (χ0) is 21.4. The van der Waals surface area contributed by atoms with Crippen LogP contribution in [0.3, 0.4) is 0 Å². The lowest BCUT2D eigenvalue weighted by Gasteiger charge is -2.38. The molecule has 0 saturated heterocycles. The van der Waals surface area contributed by atoms with Gasteiger partial charge in [-0.1, -0.05) is 66.2 Å². The smallest absolute Gasteiger partial charge is 0.213 e. The second-order valence-corrected chi connectivity index (χ2v) is 8.30. The molecule has 0 amide bonds. The standard InChI is InChI=1S/C25H20Cl2N2O2/c1-2-12-30-19-10-8-17(9-11-19)25-29-23(15-22(28-29)16-6-4-3-5-7-16)20-13-18(26)14-21(27)24(20)31-25/h2-11,13-14,23,25H,1,12,15H2/t23-,25-/m1/s1. The van der Waals surface area contributed by atoms with Crippen molar-refractivity contribution in [1.82, 2.24) is 5.01 Å².